The molecule has 0 atom stereocenters. The van der Waals surface area contributed by atoms with E-state index in [4.69, 9.17) is 0 Å². The minimum atomic E-state index is 0.867. The highest BCUT2D eigenvalue weighted by Crippen LogP contribution is 2.21. The lowest BCUT2D eigenvalue weighted by Crippen LogP contribution is -2.26. The maximum Gasteiger partial charge on any atom is 0.123 e. The fourth-order valence-corrected chi connectivity index (χ4v) is 1.99. The van der Waals surface area contributed by atoms with Gasteiger partial charge in [0.05, 0.1) is 13.1 Å². The number of benzene rings is 1. The predicted molar refractivity (Wildman–Crippen MR) is 66.7 cm³/mol. The minimum absolute atomic E-state index is 0.867. The van der Waals surface area contributed by atoms with Crippen LogP contribution >= 0.6 is 0 Å². The summed E-state index contributed by atoms with van der Waals surface area (Å²) in [6, 6.07) is 8.42. The average molecular weight is 214 g/mol. The van der Waals surface area contributed by atoms with E-state index in [1.54, 1.807) is 0 Å². The molecular weight excluding hydrogens is 200 g/mol. The van der Waals surface area contributed by atoms with Gasteiger partial charge in [0.2, 0.25) is 0 Å². The zero-order chi connectivity index (χ0) is 11.0. The highest BCUT2D eigenvalue weighted by molar-refractivity contribution is 5.86. The van der Waals surface area contributed by atoms with Crippen molar-refractivity contribution >= 4 is 23.1 Å². The molecule has 2 heterocycles. The normalized spacial score (nSPS) is 14.9. The van der Waals surface area contributed by atoms with E-state index in [1.165, 1.54) is 16.5 Å². The number of hydrazine groups is 1. The molecule has 2 N–H and O–H groups in total. The van der Waals surface area contributed by atoms with Crippen LogP contribution in [-0.2, 0) is 0 Å². The molecule has 2 aromatic rings. The first-order valence-electron chi connectivity index (χ1n) is 5.44. The second kappa shape index (κ2) is 3.56. The van der Waals surface area contributed by atoms with Crippen molar-refractivity contribution in [2.24, 2.45) is 4.99 Å². The van der Waals surface area contributed by atoms with Crippen LogP contribution in [0.5, 0.6) is 0 Å². The van der Waals surface area contributed by atoms with Crippen molar-refractivity contribution in [2.45, 2.75) is 6.92 Å². The molecule has 0 aliphatic carbocycles. The fraction of sp³-hybridized carbons (Fsp3) is 0.250. The van der Waals surface area contributed by atoms with E-state index < -0.39 is 0 Å². The third-order valence-corrected chi connectivity index (χ3v) is 2.82. The number of nitrogens with one attached hydrogen (secondary N) is 2. The first kappa shape index (κ1) is 9.27. The first-order chi connectivity index (χ1) is 7.83. The van der Waals surface area contributed by atoms with Gasteiger partial charge in [0.25, 0.3) is 0 Å². The van der Waals surface area contributed by atoms with Crippen LogP contribution in [0.4, 0.5) is 5.82 Å². The first-order valence-corrected chi connectivity index (χ1v) is 5.44. The van der Waals surface area contributed by atoms with Gasteiger partial charge < -0.3 is 4.98 Å². The zero-order valence-corrected chi connectivity index (χ0v) is 9.20. The molecule has 3 rings (SSSR count). The number of aromatic nitrogens is 1. The van der Waals surface area contributed by atoms with E-state index in [9.17, 15) is 0 Å². The third kappa shape index (κ3) is 1.52. The summed E-state index contributed by atoms with van der Waals surface area (Å²) in [5, 5.41) is 3.22. The summed E-state index contributed by atoms with van der Waals surface area (Å²) in [7, 11) is 0. The van der Waals surface area contributed by atoms with Gasteiger partial charge in [0, 0.05) is 10.9 Å². The van der Waals surface area contributed by atoms with Crippen molar-refractivity contribution in [3.05, 3.63) is 29.8 Å². The summed E-state index contributed by atoms with van der Waals surface area (Å²) in [5.74, 6) is 1.01. The summed E-state index contributed by atoms with van der Waals surface area (Å²) < 4.78 is 0. The molecule has 0 radical (unpaired) electrons. The van der Waals surface area contributed by atoms with E-state index in [1.807, 2.05) is 11.3 Å². The monoisotopic (exact) mass is 214 g/mol. The summed E-state index contributed by atoms with van der Waals surface area (Å²) in [6.45, 7) is 3.90. The van der Waals surface area contributed by atoms with E-state index in [0.717, 1.165) is 18.9 Å². The maximum absolute atomic E-state index is 4.16. The number of hydrogen-bond donors (Lipinski definition) is 2. The summed E-state index contributed by atoms with van der Waals surface area (Å²) >= 11 is 0. The number of nitrogens with zero attached hydrogens (tertiary/aromatic N) is 2. The van der Waals surface area contributed by atoms with Crippen LogP contribution in [0, 0.1) is 6.92 Å². The Kier molecular flexibility index (Phi) is 2.06. The number of rotatable bonds is 2. The molecule has 4 heteroatoms. The quantitative estimate of drug-likeness (QED) is 0.804. The Morgan fingerprint density at radius 1 is 1.44 bits per heavy atom. The average Bonchev–Trinajstić information content (AvgIpc) is 2.88. The molecule has 0 amide bonds. The van der Waals surface area contributed by atoms with Crippen molar-refractivity contribution in [2.75, 3.05) is 18.5 Å². The van der Waals surface area contributed by atoms with E-state index >= 15 is 0 Å². The molecule has 0 fully saturated rings. The summed E-state index contributed by atoms with van der Waals surface area (Å²) in [4.78, 5) is 7.53. The van der Waals surface area contributed by atoms with Crippen LogP contribution in [0.1, 0.15) is 5.56 Å². The number of aromatic amines is 1. The van der Waals surface area contributed by atoms with Gasteiger partial charge in [-0.05, 0) is 18.6 Å². The molecule has 0 bridgehead atoms. The molecule has 1 aliphatic heterocycles. The SMILES string of the molecule is Cc1cccc2cc(NN3C=NCC3)[nH]c12. The highest BCUT2D eigenvalue weighted by Gasteiger charge is 2.07. The second-order valence-electron chi connectivity index (χ2n) is 4.05. The number of hydrogen-bond acceptors (Lipinski definition) is 3. The lowest BCUT2D eigenvalue weighted by atomic mass is 10.2. The summed E-state index contributed by atoms with van der Waals surface area (Å²) in [6.07, 6.45) is 1.83. The van der Waals surface area contributed by atoms with Crippen LogP contribution in [0.15, 0.2) is 29.3 Å². The molecular formula is C12H14N4. The smallest absolute Gasteiger partial charge is 0.123 e. The predicted octanol–water partition coefficient (Wildman–Crippen LogP) is 2.15. The Labute approximate surface area is 94.0 Å². The van der Waals surface area contributed by atoms with Crippen LogP contribution < -0.4 is 5.43 Å². The minimum Gasteiger partial charge on any atom is -0.340 e. The number of H-pyrrole nitrogens is 1. The zero-order valence-electron chi connectivity index (χ0n) is 9.20. The summed E-state index contributed by atoms with van der Waals surface area (Å²) in [5.41, 5.74) is 5.75. The van der Waals surface area contributed by atoms with Crippen molar-refractivity contribution in [3.8, 4) is 0 Å². The van der Waals surface area contributed by atoms with E-state index in [0.29, 0.717) is 0 Å². The molecule has 82 valence electrons. The van der Waals surface area contributed by atoms with Crippen molar-refractivity contribution in [1.29, 1.82) is 0 Å². The number of aryl methyl sites for hydroxylation is 1. The molecule has 16 heavy (non-hydrogen) atoms. The number of para-hydroxylation sites is 1. The van der Waals surface area contributed by atoms with Gasteiger partial charge in [-0.3, -0.25) is 15.4 Å². The maximum atomic E-state index is 4.16. The number of fused-ring (bicyclic) bond motifs is 1. The van der Waals surface area contributed by atoms with Crippen LogP contribution in [0.2, 0.25) is 0 Å². The molecule has 0 unspecified atom stereocenters. The molecule has 4 nitrogen and oxygen atoms in total. The Hall–Kier alpha value is -1.97. The lowest BCUT2D eigenvalue weighted by Gasteiger charge is -2.14. The second-order valence-corrected chi connectivity index (χ2v) is 4.05. The van der Waals surface area contributed by atoms with Crippen molar-refractivity contribution < 1.29 is 0 Å². The largest absolute Gasteiger partial charge is 0.340 e. The van der Waals surface area contributed by atoms with Gasteiger partial charge in [0.15, 0.2) is 0 Å². The van der Waals surface area contributed by atoms with E-state index in [-0.39, 0.29) is 0 Å². The van der Waals surface area contributed by atoms with Crippen LogP contribution in [0.25, 0.3) is 10.9 Å². The van der Waals surface area contributed by atoms with Gasteiger partial charge >= 0.3 is 0 Å². The fourth-order valence-electron chi connectivity index (χ4n) is 1.99. The Morgan fingerprint density at radius 3 is 3.12 bits per heavy atom. The third-order valence-electron chi connectivity index (χ3n) is 2.82. The topological polar surface area (TPSA) is 43.4 Å². The molecule has 0 saturated carbocycles. The molecule has 0 spiro atoms. The van der Waals surface area contributed by atoms with Crippen LogP contribution in [-0.4, -0.2) is 29.4 Å². The highest BCUT2D eigenvalue weighted by atomic mass is 15.5. The van der Waals surface area contributed by atoms with Gasteiger partial charge in [-0.25, -0.2) is 0 Å². The van der Waals surface area contributed by atoms with Gasteiger partial charge in [0.1, 0.15) is 12.2 Å². The number of aliphatic imine (C=N–C) groups is 1. The van der Waals surface area contributed by atoms with Gasteiger partial charge in [-0.15, -0.1) is 0 Å². The number of anilines is 1. The van der Waals surface area contributed by atoms with Crippen molar-refractivity contribution in [3.63, 3.8) is 0 Å². The van der Waals surface area contributed by atoms with Gasteiger partial charge in [-0.1, -0.05) is 18.2 Å². The van der Waals surface area contributed by atoms with Crippen LogP contribution in [0.3, 0.4) is 0 Å². The lowest BCUT2D eigenvalue weighted by molar-refractivity contribution is 0.555. The molecule has 1 aromatic heterocycles. The Morgan fingerprint density at radius 2 is 2.38 bits per heavy atom. The van der Waals surface area contributed by atoms with Gasteiger partial charge in [-0.2, -0.15) is 0 Å². The Bertz CT molecular complexity index is 541. The van der Waals surface area contributed by atoms with E-state index in [2.05, 4.69) is 46.6 Å². The standard InChI is InChI=1S/C12H14N4/c1-9-3-2-4-10-7-11(14-12(9)10)15-16-6-5-13-8-16/h2-4,7-8,14-15H,5-6H2,1H3. The molecule has 1 aromatic carbocycles. The molecule has 0 saturated heterocycles. The molecule has 1 aliphatic rings. The Balaban J connectivity index is 1.93. The van der Waals surface area contributed by atoms with Crippen molar-refractivity contribution in [1.82, 2.24) is 9.99 Å².